The van der Waals surface area contributed by atoms with Crippen molar-refractivity contribution in [1.82, 2.24) is 0 Å². The topological polar surface area (TPSA) is 118 Å². The van der Waals surface area contributed by atoms with Gasteiger partial charge in [0.1, 0.15) is 0 Å². The van der Waals surface area contributed by atoms with Gasteiger partial charge in [-0.25, -0.2) is 0 Å². The maximum absolute atomic E-state index is 9.74. The molecule has 78 valence electrons. The van der Waals surface area contributed by atoms with E-state index >= 15 is 0 Å². The van der Waals surface area contributed by atoms with E-state index in [1.54, 1.807) is 0 Å². The second-order valence-electron chi connectivity index (χ2n) is 3.60. The fourth-order valence-electron chi connectivity index (χ4n) is 1.74. The molecule has 4 saturated heterocycles. The van der Waals surface area contributed by atoms with E-state index in [1.165, 1.54) is 0 Å². The summed E-state index contributed by atoms with van der Waals surface area (Å²) in [6, 6.07) is 0. The zero-order valence-corrected chi connectivity index (χ0v) is 7.00. The standard InChI is InChI=1S/C5H7BO8/c1-2(7)3(8,9)4(10)5(11-2)13-6(12-4)14-5/h7-10H,1H3. The van der Waals surface area contributed by atoms with Crippen LogP contribution in [0, 0.1) is 0 Å². The van der Waals surface area contributed by atoms with E-state index in [2.05, 4.69) is 9.39 Å². The number of rotatable bonds is 0. The van der Waals surface area contributed by atoms with E-state index in [-0.39, 0.29) is 0 Å². The van der Waals surface area contributed by atoms with Crippen molar-refractivity contribution in [1.29, 1.82) is 0 Å². The first kappa shape index (κ1) is 9.01. The molecule has 8 nitrogen and oxygen atoms in total. The van der Waals surface area contributed by atoms with Crippen LogP contribution in [0.15, 0.2) is 0 Å². The van der Waals surface area contributed by atoms with Crippen molar-refractivity contribution >= 4 is 7.32 Å². The van der Waals surface area contributed by atoms with E-state index in [1.807, 2.05) is 0 Å². The van der Waals surface area contributed by atoms with Gasteiger partial charge in [0.05, 0.1) is 0 Å². The highest BCUT2D eigenvalue weighted by atomic mass is 17.1. The predicted molar refractivity (Wildman–Crippen MR) is 35.6 cm³/mol. The Morgan fingerprint density at radius 3 is 2.07 bits per heavy atom. The molecule has 0 aromatic rings. The minimum Gasteiger partial charge on any atom is -0.361 e. The maximum atomic E-state index is 9.74. The van der Waals surface area contributed by atoms with Gasteiger partial charge in [0.2, 0.25) is 5.79 Å². The predicted octanol–water partition coefficient (Wildman–Crippen LogP) is -3.19. The van der Waals surface area contributed by atoms with Crippen LogP contribution in [0.25, 0.3) is 0 Å². The fourth-order valence-corrected chi connectivity index (χ4v) is 1.74. The Morgan fingerprint density at radius 1 is 1.00 bits per heavy atom. The Hall–Kier alpha value is -0.255. The lowest BCUT2D eigenvalue weighted by Crippen LogP contribution is -2.64. The van der Waals surface area contributed by atoms with E-state index in [0.29, 0.717) is 0 Å². The molecule has 0 aromatic carbocycles. The lowest BCUT2D eigenvalue weighted by molar-refractivity contribution is -0.416. The first-order chi connectivity index (χ1) is 6.24. The van der Waals surface area contributed by atoms with Gasteiger partial charge in [-0.05, 0) is 6.92 Å². The van der Waals surface area contributed by atoms with Crippen LogP contribution >= 0.6 is 0 Å². The highest BCUT2D eigenvalue weighted by molar-refractivity contribution is 6.40. The number of hydrogen-bond acceptors (Lipinski definition) is 8. The first-order valence-corrected chi connectivity index (χ1v) is 3.87. The molecule has 0 radical (unpaired) electrons. The average Bonchev–Trinajstić information content (AvgIpc) is 2.39. The van der Waals surface area contributed by atoms with Gasteiger partial charge in [-0.1, -0.05) is 0 Å². The van der Waals surface area contributed by atoms with Crippen LogP contribution in [0.2, 0.25) is 0 Å². The highest BCUT2D eigenvalue weighted by Crippen LogP contribution is 2.61. The van der Waals surface area contributed by atoms with Crippen molar-refractivity contribution in [3.8, 4) is 0 Å². The normalized spacial score (nSPS) is 58.5. The molecule has 4 aliphatic rings. The summed E-state index contributed by atoms with van der Waals surface area (Å²) < 4.78 is 18.8. The third-order valence-corrected chi connectivity index (χ3v) is 2.64. The Kier molecular flexibility index (Phi) is 1.20. The van der Waals surface area contributed by atoms with Gasteiger partial charge in [0.25, 0.3) is 11.6 Å². The van der Waals surface area contributed by atoms with E-state index in [0.717, 1.165) is 6.92 Å². The molecule has 0 saturated carbocycles. The molecular formula is C5H7BO8. The van der Waals surface area contributed by atoms with Crippen LogP contribution in [0.4, 0.5) is 0 Å². The summed E-state index contributed by atoms with van der Waals surface area (Å²) in [7, 11) is -1.21. The molecule has 2 unspecified atom stereocenters. The summed E-state index contributed by atoms with van der Waals surface area (Å²) in [4.78, 5) is 0. The summed E-state index contributed by atoms with van der Waals surface area (Å²) in [6.45, 7) is 0.932. The Balaban J connectivity index is 2.14. The van der Waals surface area contributed by atoms with Crippen molar-refractivity contribution < 1.29 is 39.1 Å². The second kappa shape index (κ2) is 1.86. The molecular weight excluding hydrogens is 199 g/mol. The van der Waals surface area contributed by atoms with Gasteiger partial charge in [0.15, 0.2) is 0 Å². The SMILES string of the molecule is CC1(O)OC23OB(O2)OC3(O)C1(O)O. The van der Waals surface area contributed by atoms with Crippen molar-refractivity contribution in [3.63, 3.8) is 0 Å². The minimum absolute atomic E-state index is 0.932. The van der Waals surface area contributed by atoms with Crippen molar-refractivity contribution in [2.24, 2.45) is 0 Å². The Bertz CT molecular complexity index is 309. The quantitative estimate of drug-likeness (QED) is 0.242. The molecule has 0 amide bonds. The van der Waals surface area contributed by atoms with Crippen LogP contribution in [0.3, 0.4) is 0 Å². The zero-order valence-electron chi connectivity index (χ0n) is 7.00. The molecule has 0 aromatic heterocycles. The molecule has 14 heavy (non-hydrogen) atoms. The number of ether oxygens (including phenoxy) is 1. The van der Waals surface area contributed by atoms with E-state index < -0.39 is 30.7 Å². The largest absolute Gasteiger partial charge is 0.649 e. The number of hydrogen-bond donors (Lipinski definition) is 4. The Morgan fingerprint density at radius 2 is 1.57 bits per heavy atom. The van der Waals surface area contributed by atoms with E-state index in [9.17, 15) is 20.4 Å². The lowest BCUT2D eigenvalue weighted by Gasteiger charge is -2.34. The molecule has 4 fully saturated rings. The average molecular weight is 206 g/mol. The van der Waals surface area contributed by atoms with Crippen molar-refractivity contribution in [2.75, 3.05) is 0 Å². The Labute approximate surface area is 77.7 Å². The third-order valence-electron chi connectivity index (χ3n) is 2.64. The summed E-state index contributed by atoms with van der Waals surface area (Å²) in [5, 5.41) is 38.2. The summed E-state index contributed by atoms with van der Waals surface area (Å²) in [5.74, 6) is -10.3. The van der Waals surface area contributed by atoms with Crippen LogP contribution < -0.4 is 0 Å². The van der Waals surface area contributed by atoms with Gasteiger partial charge < -0.3 is 34.4 Å². The van der Waals surface area contributed by atoms with Gasteiger partial charge in [-0.3, -0.25) is 4.74 Å². The highest BCUT2D eigenvalue weighted by Gasteiger charge is 2.92. The maximum Gasteiger partial charge on any atom is 0.649 e. The molecule has 4 aliphatic heterocycles. The van der Waals surface area contributed by atoms with Crippen LogP contribution in [0.1, 0.15) is 6.92 Å². The van der Waals surface area contributed by atoms with Crippen molar-refractivity contribution in [3.05, 3.63) is 0 Å². The summed E-state index contributed by atoms with van der Waals surface area (Å²) >= 11 is 0. The molecule has 9 heteroatoms. The van der Waals surface area contributed by atoms with Crippen LogP contribution in [-0.4, -0.2) is 51.1 Å². The summed E-state index contributed by atoms with van der Waals surface area (Å²) in [5.41, 5.74) is 0. The van der Waals surface area contributed by atoms with Gasteiger partial charge in [-0.2, -0.15) is 0 Å². The summed E-state index contributed by atoms with van der Waals surface area (Å²) in [6.07, 6.45) is 0. The molecule has 4 heterocycles. The molecule has 2 bridgehead atoms. The van der Waals surface area contributed by atoms with Gasteiger partial charge in [-0.15, -0.1) is 0 Å². The third kappa shape index (κ3) is 0.595. The van der Waals surface area contributed by atoms with Gasteiger partial charge >= 0.3 is 13.3 Å². The zero-order chi connectivity index (χ0) is 10.4. The molecule has 0 aliphatic carbocycles. The van der Waals surface area contributed by atoms with Crippen LogP contribution in [0.5, 0.6) is 0 Å². The number of aliphatic hydroxyl groups is 4. The monoisotopic (exact) mass is 206 g/mol. The van der Waals surface area contributed by atoms with E-state index in [4.69, 9.17) is 9.31 Å². The van der Waals surface area contributed by atoms with Crippen LogP contribution in [-0.2, 0) is 18.7 Å². The molecule has 4 N–H and O–H groups in total. The smallest absolute Gasteiger partial charge is 0.361 e. The minimum atomic E-state index is -3.05. The van der Waals surface area contributed by atoms with Crippen molar-refractivity contribution in [2.45, 2.75) is 30.3 Å². The van der Waals surface area contributed by atoms with Gasteiger partial charge in [0, 0.05) is 0 Å². The lowest BCUT2D eigenvalue weighted by atomic mass is 10.0. The molecule has 1 spiro atoms. The molecule has 4 rings (SSSR count). The second-order valence-corrected chi connectivity index (χ2v) is 3.60. The fraction of sp³-hybridized carbons (Fsp3) is 1.00. The first-order valence-electron chi connectivity index (χ1n) is 3.87. The molecule has 2 atom stereocenters.